The van der Waals surface area contributed by atoms with Crippen LogP contribution in [0.3, 0.4) is 0 Å². The highest BCUT2D eigenvalue weighted by molar-refractivity contribution is 5.13. The molecular weight excluding hydrogens is 202 g/mol. The molecule has 1 heterocycles. The molecule has 0 radical (unpaired) electrons. The number of hydrogen-bond donors (Lipinski definition) is 1. The summed E-state index contributed by atoms with van der Waals surface area (Å²) >= 11 is 0. The molecule has 0 aliphatic heterocycles. The number of ether oxygens (including phenoxy) is 1. The van der Waals surface area contributed by atoms with E-state index in [2.05, 4.69) is 12.2 Å². The van der Waals surface area contributed by atoms with Crippen LogP contribution >= 0.6 is 0 Å². The van der Waals surface area contributed by atoms with E-state index in [0.717, 1.165) is 13.0 Å². The zero-order chi connectivity index (χ0) is 11.4. The van der Waals surface area contributed by atoms with E-state index in [-0.39, 0.29) is 5.60 Å². The molecule has 16 heavy (non-hydrogen) atoms. The number of furan rings is 1. The minimum atomic E-state index is 0.101. The summed E-state index contributed by atoms with van der Waals surface area (Å²) in [5, 5.41) is 3.50. The third-order valence-electron chi connectivity index (χ3n) is 3.67. The molecule has 1 fully saturated rings. The fourth-order valence-corrected chi connectivity index (χ4v) is 2.46. The summed E-state index contributed by atoms with van der Waals surface area (Å²) in [5.41, 5.74) is 1.33. The lowest BCUT2D eigenvalue weighted by Crippen LogP contribution is -2.42. The highest BCUT2D eigenvalue weighted by Gasteiger charge is 2.39. The van der Waals surface area contributed by atoms with Gasteiger partial charge in [-0.05, 0) is 38.3 Å². The van der Waals surface area contributed by atoms with E-state index in [1.807, 2.05) is 19.4 Å². The van der Waals surface area contributed by atoms with Crippen LogP contribution in [0.1, 0.15) is 44.2 Å². The fraction of sp³-hybridized carbons (Fsp3) is 0.692. The van der Waals surface area contributed by atoms with Crippen molar-refractivity contribution in [1.82, 2.24) is 5.32 Å². The second-order valence-electron chi connectivity index (χ2n) is 4.61. The summed E-state index contributed by atoms with van der Waals surface area (Å²) in [6.45, 7) is 3.10. The van der Waals surface area contributed by atoms with Gasteiger partial charge in [0.15, 0.2) is 0 Å². The summed E-state index contributed by atoms with van der Waals surface area (Å²) in [5.74, 6) is 0. The van der Waals surface area contributed by atoms with Crippen molar-refractivity contribution in [2.75, 3.05) is 13.7 Å². The van der Waals surface area contributed by atoms with Crippen LogP contribution in [0.25, 0.3) is 0 Å². The topological polar surface area (TPSA) is 34.4 Å². The molecule has 0 saturated heterocycles. The highest BCUT2D eigenvalue weighted by atomic mass is 16.5. The molecule has 0 bridgehead atoms. The van der Waals surface area contributed by atoms with Crippen molar-refractivity contribution in [3.63, 3.8) is 0 Å². The molecule has 3 nitrogen and oxygen atoms in total. The van der Waals surface area contributed by atoms with Crippen LogP contribution in [0.4, 0.5) is 0 Å². The van der Waals surface area contributed by atoms with Gasteiger partial charge in [-0.25, -0.2) is 0 Å². The minimum absolute atomic E-state index is 0.101. The van der Waals surface area contributed by atoms with Gasteiger partial charge in [-0.2, -0.15) is 0 Å². The van der Waals surface area contributed by atoms with Gasteiger partial charge in [-0.15, -0.1) is 0 Å². The number of rotatable bonds is 6. The molecular formula is C13H21NO2. The van der Waals surface area contributed by atoms with Crippen molar-refractivity contribution in [2.45, 2.75) is 44.2 Å². The summed E-state index contributed by atoms with van der Waals surface area (Å²) in [6, 6.07) is 2.39. The summed E-state index contributed by atoms with van der Waals surface area (Å²) in [7, 11) is 1.83. The smallest absolute Gasteiger partial charge is 0.0950 e. The fourth-order valence-electron chi connectivity index (χ4n) is 2.46. The van der Waals surface area contributed by atoms with Crippen LogP contribution < -0.4 is 5.32 Å². The Kier molecular flexibility index (Phi) is 3.66. The minimum Gasteiger partial charge on any atom is -0.472 e. The standard InChI is InChI=1S/C13H21NO2/c1-3-14-12(11-5-8-16-10-11)9-13(15-2)6-4-7-13/h5,8,10,12,14H,3-4,6-7,9H2,1-2H3. The second kappa shape index (κ2) is 5.02. The van der Waals surface area contributed by atoms with Gasteiger partial charge < -0.3 is 14.5 Å². The van der Waals surface area contributed by atoms with Crippen LogP contribution in [-0.2, 0) is 4.74 Å². The molecule has 0 aromatic carbocycles. The zero-order valence-electron chi connectivity index (χ0n) is 10.2. The van der Waals surface area contributed by atoms with E-state index in [1.165, 1.54) is 24.8 Å². The molecule has 1 saturated carbocycles. The lowest BCUT2D eigenvalue weighted by Gasteiger charge is -2.42. The zero-order valence-corrected chi connectivity index (χ0v) is 10.2. The quantitative estimate of drug-likeness (QED) is 0.805. The Morgan fingerprint density at radius 3 is 2.81 bits per heavy atom. The van der Waals surface area contributed by atoms with E-state index < -0.39 is 0 Å². The lowest BCUT2D eigenvalue weighted by atomic mass is 9.75. The largest absolute Gasteiger partial charge is 0.472 e. The van der Waals surface area contributed by atoms with Crippen molar-refractivity contribution >= 4 is 0 Å². The third kappa shape index (κ3) is 2.30. The van der Waals surface area contributed by atoms with Gasteiger partial charge in [0.1, 0.15) is 0 Å². The van der Waals surface area contributed by atoms with Crippen molar-refractivity contribution in [3.05, 3.63) is 24.2 Å². The maximum atomic E-state index is 5.68. The normalized spacial score (nSPS) is 20.4. The Balaban J connectivity index is 2.02. The van der Waals surface area contributed by atoms with Gasteiger partial charge in [0.25, 0.3) is 0 Å². The first-order valence-electron chi connectivity index (χ1n) is 6.10. The van der Waals surface area contributed by atoms with Crippen LogP contribution in [-0.4, -0.2) is 19.3 Å². The summed E-state index contributed by atoms with van der Waals surface area (Å²) in [6.07, 6.45) is 8.26. The molecule has 0 amide bonds. The van der Waals surface area contributed by atoms with Gasteiger partial charge in [0, 0.05) is 18.7 Å². The highest BCUT2D eigenvalue weighted by Crippen LogP contribution is 2.41. The van der Waals surface area contributed by atoms with Crippen LogP contribution in [0.2, 0.25) is 0 Å². The Hall–Kier alpha value is -0.800. The van der Waals surface area contributed by atoms with Gasteiger partial charge in [-0.3, -0.25) is 0 Å². The maximum Gasteiger partial charge on any atom is 0.0950 e. The predicted molar refractivity (Wildman–Crippen MR) is 63.3 cm³/mol. The van der Waals surface area contributed by atoms with E-state index >= 15 is 0 Å². The van der Waals surface area contributed by atoms with Crippen molar-refractivity contribution in [1.29, 1.82) is 0 Å². The number of methoxy groups -OCH3 is 1. The predicted octanol–water partition coefficient (Wildman–Crippen LogP) is 2.89. The molecule has 1 aromatic rings. The van der Waals surface area contributed by atoms with Gasteiger partial charge in [0.05, 0.1) is 18.1 Å². The van der Waals surface area contributed by atoms with Crippen LogP contribution in [0.15, 0.2) is 23.0 Å². The first-order chi connectivity index (χ1) is 7.79. The Labute approximate surface area is 97.2 Å². The van der Waals surface area contributed by atoms with Gasteiger partial charge in [0.2, 0.25) is 0 Å². The SMILES string of the molecule is CCNC(CC1(OC)CCC1)c1ccoc1. The Bertz CT molecular complexity index is 298. The molecule has 3 heteroatoms. The first-order valence-corrected chi connectivity index (χ1v) is 6.10. The van der Waals surface area contributed by atoms with Crippen molar-refractivity contribution in [3.8, 4) is 0 Å². The molecule has 1 unspecified atom stereocenters. The monoisotopic (exact) mass is 223 g/mol. The number of hydrogen-bond acceptors (Lipinski definition) is 3. The lowest BCUT2D eigenvalue weighted by molar-refractivity contribution is -0.0837. The van der Waals surface area contributed by atoms with E-state index in [1.54, 1.807) is 6.26 Å². The van der Waals surface area contributed by atoms with Gasteiger partial charge >= 0.3 is 0 Å². The van der Waals surface area contributed by atoms with Crippen LogP contribution in [0, 0.1) is 0 Å². The average Bonchev–Trinajstić information content (AvgIpc) is 2.75. The summed E-state index contributed by atoms with van der Waals surface area (Å²) in [4.78, 5) is 0. The number of nitrogens with one attached hydrogen (secondary N) is 1. The second-order valence-corrected chi connectivity index (χ2v) is 4.61. The van der Waals surface area contributed by atoms with Crippen molar-refractivity contribution < 1.29 is 9.15 Å². The van der Waals surface area contributed by atoms with Crippen LogP contribution in [0.5, 0.6) is 0 Å². The molecule has 1 aromatic heterocycles. The molecule has 2 rings (SSSR count). The maximum absolute atomic E-state index is 5.68. The molecule has 1 N–H and O–H groups in total. The third-order valence-corrected chi connectivity index (χ3v) is 3.67. The molecule has 1 aliphatic rings. The average molecular weight is 223 g/mol. The van der Waals surface area contributed by atoms with E-state index in [0.29, 0.717) is 6.04 Å². The molecule has 0 spiro atoms. The first kappa shape index (κ1) is 11.7. The van der Waals surface area contributed by atoms with E-state index in [4.69, 9.17) is 9.15 Å². The molecule has 1 aliphatic carbocycles. The molecule has 1 atom stereocenters. The Morgan fingerprint density at radius 2 is 2.38 bits per heavy atom. The van der Waals surface area contributed by atoms with E-state index in [9.17, 15) is 0 Å². The van der Waals surface area contributed by atoms with Crippen molar-refractivity contribution in [2.24, 2.45) is 0 Å². The Morgan fingerprint density at radius 1 is 1.56 bits per heavy atom. The summed E-state index contributed by atoms with van der Waals surface area (Å²) < 4.78 is 10.8. The molecule has 90 valence electrons. The van der Waals surface area contributed by atoms with Gasteiger partial charge in [-0.1, -0.05) is 6.92 Å².